The van der Waals surface area contributed by atoms with Gasteiger partial charge < -0.3 is 14.5 Å². The minimum atomic E-state index is -0.671. The Labute approximate surface area is 151 Å². The second-order valence-corrected chi connectivity index (χ2v) is 5.98. The zero-order valence-electron chi connectivity index (χ0n) is 13.7. The Morgan fingerprint density at radius 2 is 1.92 bits per heavy atom. The molecule has 4 nitrogen and oxygen atoms in total. The first-order valence-electron chi connectivity index (χ1n) is 7.95. The number of benzene rings is 2. The van der Waals surface area contributed by atoms with Gasteiger partial charge in [-0.15, -0.1) is 0 Å². The number of nitrogens with one attached hydrogen (secondary N) is 1. The van der Waals surface area contributed by atoms with Gasteiger partial charge in [-0.3, -0.25) is 4.79 Å². The van der Waals surface area contributed by atoms with Crippen LogP contribution in [0.3, 0.4) is 0 Å². The van der Waals surface area contributed by atoms with Gasteiger partial charge in [-0.2, -0.15) is 0 Å². The number of carbonyl (C=O) groups is 1. The van der Waals surface area contributed by atoms with Crippen LogP contribution in [-0.4, -0.2) is 12.0 Å². The maximum atomic E-state index is 12.1. The van der Waals surface area contributed by atoms with E-state index >= 15 is 0 Å². The van der Waals surface area contributed by atoms with Crippen LogP contribution in [-0.2, 0) is 11.3 Å². The average Bonchev–Trinajstić information content (AvgIpc) is 3.15. The van der Waals surface area contributed by atoms with Crippen LogP contribution < -0.4 is 10.1 Å². The fourth-order valence-corrected chi connectivity index (χ4v) is 2.61. The van der Waals surface area contributed by atoms with Gasteiger partial charge in [-0.1, -0.05) is 48.0 Å². The molecule has 0 aliphatic carbocycles. The molecule has 5 heteroatoms. The molecule has 1 amide bonds. The quantitative estimate of drug-likeness (QED) is 0.698. The minimum Gasteiger partial charge on any atom is -0.479 e. The van der Waals surface area contributed by atoms with Crippen LogP contribution in [0.25, 0.3) is 11.1 Å². The third-order valence-corrected chi connectivity index (χ3v) is 4.02. The van der Waals surface area contributed by atoms with Crippen LogP contribution in [0.2, 0.25) is 5.02 Å². The van der Waals surface area contributed by atoms with Crippen LogP contribution in [0.4, 0.5) is 0 Å². The van der Waals surface area contributed by atoms with E-state index in [1.54, 1.807) is 31.4 Å². The third-order valence-electron chi connectivity index (χ3n) is 3.73. The molecular weight excluding hydrogens is 338 g/mol. The van der Waals surface area contributed by atoms with E-state index in [0.29, 0.717) is 23.1 Å². The lowest BCUT2D eigenvalue weighted by atomic mass is 10.1. The molecule has 1 unspecified atom stereocenters. The number of hydrogen-bond donors (Lipinski definition) is 1. The van der Waals surface area contributed by atoms with E-state index in [1.807, 2.05) is 42.5 Å². The molecule has 1 heterocycles. The number of rotatable bonds is 6. The summed E-state index contributed by atoms with van der Waals surface area (Å²) in [6.45, 7) is 2.00. The Kier molecular flexibility index (Phi) is 5.41. The molecule has 1 aromatic heterocycles. The first-order chi connectivity index (χ1) is 12.1. The van der Waals surface area contributed by atoms with E-state index < -0.39 is 6.10 Å². The fourth-order valence-electron chi connectivity index (χ4n) is 2.38. The Hall–Kier alpha value is -2.72. The number of hydrogen-bond acceptors (Lipinski definition) is 3. The molecule has 0 aliphatic heterocycles. The Balaban J connectivity index is 1.63. The lowest BCUT2D eigenvalue weighted by Crippen LogP contribution is -2.35. The highest BCUT2D eigenvalue weighted by atomic mass is 35.5. The van der Waals surface area contributed by atoms with Gasteiger partial charge in [-0.05, 0) is 42.3 Å². The topological polar surface area (TPSA) is 51.5 Å². The lowest BCUT2D eigenvalue weighted by Gasteiger charge is -2.16. The van der Waals surface area contributed by atoms with Crippen LogP contribution in [0.15, 0.2) is 71.3 Å². The Morgan fingerprint density at radius 3 is 2.60 bits per heavy atom. The SMILES string of the molecule is CC(Oc1ccc(-c2ccccc2)cc1Cl)C(=O)NCc1ccco1. The van der Waals surface area contributed by atoms with Crippen LogP contribution in [0.1, 0.15) is 12.7 Å². The van der Waals surface area contributed by atoms with Crippen molar-refractivity contribution in [1.29, 1.82) is 0 Å². The monoisotopic (exact) mass is 355 g/mol. The van der Waals surface area contributed by atoms with E-state index in [4.69, 9.17) is 20.8 Å². The van der Waals surface area contributed by atoms with Gasteiger partial charge in [0.05, 0.1) is 17.8 Å². The summed E-state index contributed by atoms with van der Waals surface area (Å²) in [6, 6.07) is 19.0. The molecule has 0 aliphatic rings. The molecule has 0 fully saturated rings. The van der Waals surface area contributed by atoms with Crippen molar-refractivity contribution in [3.8, 4) is 16.9 Å². The van der Waals surface area contributed by atoms with Crippen molar-refractivity contribution < 1.29 is 13.9 Å². The average molecular weight is 356 g/mol. The second kappa shape index (κ2) is 7.90. The summed E-state index contributed by atoms with van der Waals surface area (Å²) in [7, 11) is 0. The first kappa shape index (κ1) is 17.1. The minimum absolute atomic E-state index is 0.236. The summed E-state index contributed by atoms with van der Waals surface area (Å²) in [5.74, 6) is 0.924. The molecule has 2 aromatic carbocycles. The van der Waals surface area contributed by atoms with E-state index in [1.165, 1.54) is 0 Å². The fraction of sp³-hybridized carbons (Fsp3) is 0.150. The molecule has 1 atom stereocenters. The summed E-state index contributed by atoms with van der Waals surface area (Å²) >= 11 is 6.31. The van der Waals surface area contributed by atoms with Crippen molar-refractivity contribution >= 4 is 17.5 Å². The third kappa shape index (κ3) is 4.43. The normalized spacial score (nSPS) is 11.8. The largest absolute Gasteiger partial charge is 0.479 e. The molecule has 3 rings (SSSR count). The smallest absolute Gasteiger partial charge is 0.261 e. The van der Waals surface area contributed by atoms with Crippen LogP contribution in [0, 0.1) is 0 Å². The van der Waals surface area contributed by atoms with E-state index in [2.05, 4.69) is 5.32 Å². The molecular formula is C20H18ClNO3. The zero-order valence-corrected chi connectivity index (χ0v) is 14.5. The number of carbonyl (C=O) groups excluding carboxylic acids is 1. The van der Waals surface area contributed by atoms with Gasteiger partial charge in [0, 0.05) is 0 Å². The second-order valence-electron chi connectivity index (χ2n) is 5.57. The molecule has 25 heavy (non-hydrogen) atoms. The predicted octanol–water partition coefficient (Wildman–Crippen LogP) is 4.68. The Bertz CT molecular complexity index is 831. The van der Waals surface area contributed by atoms with Crippen molar-refractivity contribution in [3.05, 3.63) is 77.7 Å². The van der Waals surface area contributed by atoms with Crippen molar-refractivity contribution in [2.24, 2.45) is 0 Å². The standard InChI is InChI=1S/C20H18ClNO3/c1-14(20(23)22-13-17-8-5-11-24-17)25-19-10-9-16(12-18(19)21)15-6-3-2-4-7-15/h2-12,14H,13H2,1H3,(H,22,23). The van der Waals surface area contributed by atoms with Crippen molar-refractivity contribution in [3.63, 3.8) is 0 Å². The lowest BCUT2D eigenvalue weighted by molar-refractivity contribution is -0.127. The summed E-state index contributed by atoms with van der Waals surface area (Å²) in [4.78, 5) is 12.1. The number of ether oxygens (including phenoxy) is 1. The molecule has 0 spiro atoms. The molecule has 0 saturated carbocycles. The van der Waals surface area contributed by atoms with Gasteiger partial charge in [0.2, 0.25) is 0 Å². The van der Waals surface area contributed by atoms with Crippen molar-refractivity contribution in [2.45, 2.75) is 19.6 Å². The summed E-state index contributed by atoms with van der Waals surface area (Å²) < 4.78 is 10.9. The highest BCUT2D eigenvalue weighted by molar-refractivity contribution is 6.32. The van der Waals surface area contributed by atoms with Gasteiger partial charge in [-0.25, -0.2) is 0 Å². The molecule has 3 aromatic rings. The van der Waals surface area contributed by atoms with Gasteiger partial charge in [0.15, 0.2) is 6.10 Å². The molecule has 128 valence electrons. The molecule has 1 N–H and O–H groups in total. The predicted molar refractivity (Wildman–Crippen MR) is 97.5 cm³/mol. The van der Waals surface area contributed by atoms with Gasteiger partial charge in [0.1, 0.15) is 11.5 Å². The van der Waals surface area contributed by atoms with Crippen molar-refractivity contribution in [1.82, 2.24) is 5.32 Å². The van der Waals surface area contributed by atoms with Gasteiger partial charge in [0.25, 0.3) is 5.91 Å². The number of halogens is 1. The summed E-state index contributed by atoms with van der Waals surface area (Å²) in [6.07, 6.45) is 0.894. The number of furan rings is 1. The Morgan fingerprint density at radius 1 is 1.12 bits per heavy atom. The van der Waals surface area contributed by atoms with E-state index in [-0.39, 0.29) is 5.91 Å². The molecule has 0 saturated heterocycles. The first-order valence-corrected chi connectivity index (χ1v) is 8.33. The maximum absolute atomic E-state index is 12.1. The van der Waals surface area contributed by atoms with Gasteiger partial charge >= 0.3 is 0 Å². The van der Waals surface area contributed by atoms with Crippen LogP contribution in [0.5, 0.6) is 5.75 Å². The number of amides is 1. The highest BCUT2D eigenvalue weighted by Crippen LogP contribution is 2.31. The maximum Gasteiger partial charge on any atom is 0.261 e. The molecule has 0 bridgehead atoms. The summed E-state index contributed by atoms with van der Waals surface area (Å²) in [5, 5.41) is 3.23. The highest BCUT2D eigenvalue weighted by Gasteiger charge is 2.16. The molecule has 0 radical (unpaired) electrons. The van der Waals surface area contributed by atoms with Crippen molar-refractivity contribution in [2.75, 3.05) is 0 Å². The van der Waals surface area contributed by atoms with E-state index in [9.17, 15) is 4.79 Å². The zero-order chi connectivity index (χ0) is 17.6. The summed E-state index contributed by atoms with van der Waals surface area (Å²) in [5.41, 5.74) is 2.06. The van der Waals surface area contributed by atoms with Crippen LogP contribution >= 0.6 is 11.6 Å². The van der Waals surface area contributed by atoms with E-state index in [0.717, 1.165) is 11.1 Å².